The van der Waals surface area contributed by atoms with Crippen LogP contribution in [0.2, 0.25) is 0 Å². The van der Waals surface area contributed by atoms with Gasteiger partial charge in [0.05, 0.1) is 25.0 Å². The van der Waals surface area contributed by atoms with Crippen LogP contribution in [0.5, 0.6) is 11.5 Å². The standard InChI is InChI=1S/C22H24O6/c1-3-27-21(25)19-17(13-9-5-7-11-15(13)23)18(20(19)22(26)28-4-2)14-10-6-8-12-16(14)24/h5-12,17-20,23-24H,3-4H2,1-2H3/t17-,18-,19-,20-/m1/s1. The summed E-state index contributed by atoms with van der Waals surface area (Å²) in [5.74, 6) is -3.63. The zero-order chi connectivity index (χ0) is 20.3. The van der Waals surface area contributed by atoms with Crippen molar-refractivity contribution in [3.8, 4) is 11.5 Å². The highest BCUT2D eigenvalue weighted by molar-refractivity contribution is 5.87. The molecule has 0 saturated heterocycles. The molecule has 148 valence electrons. The van der Waals surface area contributed by atoms with Gasteiger partial charge < -0.3 is 19.7 Å². The second kappa shape index (κ2) is 8.33. The highest BCUT2D eigenvalue weighted by Gasteiger charge is 2.60. The van der Waals surface area contributed by atoms with Crippen LogP contribution in [0, 0.1) is 11.8 Å². The van der Waals surface area contributed by atoms with Crippen LogP contribution in [0.1, 0.15) is 36.8 Å². The Hall–Kier alpha value is -3.02. The molecular formula is C22H24O6. The van der Waals surface area contributed by atoms with Gasteiger partial charge in [-0.1, -0.05) is 36.4 Å². The molecule has 28 heavy (non-hydrogen) atoms. The summed E-state index contributed by atoms with van der Waals surface area (Å²) in [6, 6.07) is 13.4. The summed E-state index contributed by atoms with van der Waals surface area (Å²) in [6.07, 6.45) is 0. The number of aromatic hydroxyl groups is 2. The summed E-state index contributed by atoms with van der Waals surface area (Å²) >= 11 is 0. The molecule has 0 bridgehead atoms. The average Bonchev–Trinajstić information content (AvgIpc) is 2.64. The maximum Gasteiger partial charge on any atom is 0.310 e. The summed E-state index contributed by atoms with van der Waals surface area (Å²) in [5.41, 5.74) is 1.07. The lowest BCUT2D eigenvalue weighted by atomic mass is 9.52. The van der Waals surface area contributed by atoms with Crippen molar-refractivity contribution in [1.29, 1.82) is 0 Å². The summed E-state index contributed by atoms with van der Waals surface area (Å²) in [6.45, 7) is 3.76. The second-order valence-electron chi connectivity index (χ2n) is 6.72. The summed E-state index contributed by atoms with van der Waals surface area (Å²) in [7, 11) is 0. The van der Waals surface area contributed by atoms with Crippen LogP contribution in [-0.2, 0) is 19.1 Å². The van der Waals surface area contributed by atoms with Gasteiger partial charge in [0.2, 0.25) is 0 Å². The first-order valence-electron chi connectivity index (χ1n) is 9.40. The first kappa shape index (κ1) is 19.7. The average molecular weight is 384 g/mol. The van der Waals surface area contributed by atoms with Crippen LogP contribution in [0.15, 0.2) is 48.5 Å². The van der Waals surface area contributed by atoms with Crippen molar-refractivity contribution in [2.45, 2.75) is 25.7 Å². The zero-order valence-corrected chi connectivity index (χ0v) is 15.9. The van der Waals surface area contributed by atoms with Gasteiger partial charge in [0.25, 0.3) is 0 Å². The van der Waals surface area contributed by atoms with Gasteiger partial charge in [-0.3, -0.25) is 9.59 Å². The molecule has 3 rings (SSSR count). The summed E-state index contributed by atoms with van der Waals surface area (Å²) < 4.78 is 10.4. The fourth-order valence-corrected chi connectivity index (χ4v) is 4.12. The largest absolute Gasteiger partial charge is 0.508 e. The van der Waals surface area contributed by atoms with Crippen molar-refractivity contribution in [3.05, 3.63) is 59.7 Å². The Morgan fingerprint density at radius 3 is 1.43 bits per heavy atom. The van der Waals surface area contributed by atoms with E-state index in [1.54, 1.807) is 50.2 Å². The van der Waals surface area contributed by atoms with E-state index in [2.05, 4.69) is 0 Å². The van der Waals surface area contributed by atoms with E-state index in [1.807, 2.05) is 0 Å². The lowest BCUT2D eigenvalue weighted by molar-refractivity contribution is -0.171. The van der Waals surface area contributed by atoms with Crippen molar-refractivity contribution in [3.63, 3.8) is 0 Å². The predicted molar refractivity (Wildman–Crippen MR) is 102 cm³/mol. The zero-order valence-electron chi connectivity index (χ0n) is 15.9. The number of benzene rings is 2. The van der Waals surface area contributed by atoms with E-state index in [0.717, 1.165) is 0 Å². The first-order valence-corrected chi connectivity index (χ1v) is 9.40. The van der Waals surface area contributed by atoms with E-state index in [4.69, 9.17) is 9.47 Å². The van der Waals surface area contributed by atoms with E-state index < -0.39 is 35.6 Å². The Morgan fingerprint density at radius 1 is 0.750 bits per heavy atom. The first-order chi connectivity index (χ1) is 13.5. The van der Waals surface area contributed by atoms with Crippen LogP contribution in [0.3, 0.4) is 0 Å². The number of carbonyl (C=O) groups excluding carboxylic acids is 2. The van der Waals surface area contributed by atoms with E-state index in [9.17, 15) is 19.8 Å². The van der Waals surface area contributed by atoms with Crippen molar-refractivity contribution in [1.82, 2.24) is 0 Å². The number of ether oxygens (including phenoxy) is 2. The molecule has 0 radical (unpaired) electrons. The number of rotatable bonds is 6. The third kappa shape index (κ3) is 3.42. The molecular weight excluding hydrogens is 360 g/mol. The Bertz CT molecular complexity index is 790. The Morgan fingerprint density at radius 2 is 1.11 bits per heavy atom. The summed E-state index contributed by atoms with van der Waals surface area (Å²) in [4.78, 5) is 25.5. The molecule has 4 atom stereocenters. The van der Waals surface area contributed by atoms with E-state index >= 15 is 0 Å². The third-order valence-corrected chi connectivity index (χ3v) is 5.26. The fourth-order valence-electron chi connectivity index (χ4n) is 4.12. The van der Waals surface area contributed by atoms with Gasteiger partial charge in [-0.05, 0) is 37.1 Å². The maximum absolute atomic E-state index is 12.7. The molecule has 1 aliphatic rings. The van der Waals surface area contributed by atoms with Gasteiger partial charge in [-0.2, -0.15) is 0 Å². The molecule has 6 heteroatoms. The van der Waals surface area contributed by atoms with Crippen LogP contribution < -0.4 is 0 Å². The number of hydrogen-bond donors (Lipinski definition) is 2. The smallest absolute Gasteiger partial charge is 0.310 e. The van der Waals surface area contributed by atoms with Gasteiger partial charge in [-0.25, -0.2) is 0 Å². The molecule has 6 nitrogen and oxygen atoms in total. The normalized spacial score (nSPS) is 23.5. The lowest BCUT2D eigenvalue weighted by Crippen LogP contribution is -2.52. The highest BCUT2D eigenvalue weighted by Crippen LogP contribution is 2.61. The van der Waals surface area contributed by atoms with E-state index in [1.165, 1.54) is 12.1 Å². The SMILES string of the molecule is CCOC(=O)[C@H]1[C@H](C(=O)OCC)[C@H](c2ccccc2O)[C@H]1c1ccccc1O. The number of phenolic OH excluding ortho intramolecular Hbond substituents is 2. The monoisotopic (exact) mass is 384 g/mol. The van der Waals surface area contributed by atoms with Crippen LogP contribution in [-0.4, -0.2) is 35.4 Å². The van der Waals surface area contributed by atoms with Gasteiger partial charge in [-0.15, -0.1) is 0 Å². The molecule has 2 aromatic carbocycles. The molecule has 1 saturated carbocycles. The number of esters is 2. The molecule has 0 aliphatic heterocycles. The quantitative estimate of drug-likeness (QED) is 0.742. The van der Waals surface area contributed by atoms with Gasteiger partial charge >= 0.3 is 11.9 Å². The maximum atomic E-state index is 12.7. The minimum atomic E-state index is -0.808. The molecule has 2 N–H and O–H groups in total. The van der Waals surface area contributed by atoms with Crippen molar-refractivity contribution >= 4 is 11.9 Å². The molecule has 0 aromatic heterocycles. The molecule has 0 spiro atoms. The number of hydrogen-bond acceptors (Lipinski definition) is 6. The van der Waals surface area contributed by atoms with Crippen molar-refractivity contribution in [2.75, 3.05) is 13.2 Å². The minimum absolute atomic E-state index is 0.0320. The van der Waals surface area contributed by atoms with Gasteiger partial charge in [0, 0.05) is 11.8 Å². The lowest BCUT2D eigenvalue weighted by Gasteiger charge is -2.49. The Kier molecular flexibility index (Phi) is 5.87. The third-order valence-electron chi connectivity index (χ3n) is 5.26. The number of carbonyl (C=O) groups is 2. The molecule has 1 fully saturated rings. The van der Waals surface area contributed by atoms with Crippen LogP contribution >= 0.6 is 0 Å². The predicted octanol–water partition coefficient (Wildman–Crippen LogP) is 3.34. The van der Waals surface area contributed by atoms with Crippen LogP contribution in [0.25, 0.3) is 0 Å². The molecule has 0 amide bonds. The number of para-hydroxylation sites is 2. The van der Waals surface area contributed by atoms with E-state index in [0.29, 0.717) is 11.1 Å². The van der Waals surface area contributed by atoms with Crippen LogP contribution in [0.4, 0.5) is 0 Å². The van der Waals surface area contributed by atoms with E-state index in [-0.39, 0.29) is 24.7 Å². The Labute approximate surface area is 163 Å². The van der Waals surface area contributed by atoms with Crippen molar-refractivity contribution in [2.24, 2.45) is 11.8 Å². The molecule has 2 aromatic rings. The van der Waals surface area contributed by atoms with Crippen molar-refractivity contribution < 1.29 is 29.3 Å². The Balaban J connectivity index is 2.13. The van der Waals surface area contributed by atoms with Gasteiger partial charge in [0.1, 0.15) is 11.5 Å². The van der Waals surface area contributed by atoms with Gasteiger partial charge in [0.15, 0.2) is 0 Å². The summed E-state index contributed by atoms with van der Waals surface area (Å²) in [5, 5.41) is 20.8. The fraction of sp³-hybridized carbons (Fsp3) is 0.364. The molecule has 0 unspecified atom stereocenters. The topological polar surface area (TPSA) is 93.1 Å². The number of phenols is 2. The highest BCUT2D eigenvalue weighted by atomic mass is 16.5. The molecule has 0 heterocycles. The second-order valence-corrected chi connectivity index (χ2v) is 6.72. The minimum Gasteiger partial charge on any atom is -0.508 e. The molecule has 1 aliphatic carbocycles.